The maximum absolute atomic E-state index is 13.0. The molecule has 0 saturated heterocycles. The fraction of sp³-hybridized carbons (Fsp3) is 0.500. The van der Waals surface area contributed by atoms with Crippen molar-refractivity contribution in [3.63, 3.8) is 0 Å². The Labute approximate surface area is 113 Å². The highest BCUT2D eigenvalue weighted by Crippen LogP contribution is 2.17. The van der Waals surface area contributed by atoms with Crippen molar-refractivity contribution >= 4 is 5.91 Å². The zero-order chi connectivity index (χ0) is 14.3. The molecular formula is C14H21FN2O2. The molecule has 4 nitrogen and oxygen atoms in total. The molecule has 0 aliphatic heterocycles. The zero-order valence-corrected chi connectivity index (χ0v) is 11.4. The van der Waals surface area contributed by atoms with Crippen molar-refractivity contribution in [2.24, 2.45) is 0 Å². The van der Waals surface area contributed by atoms with E-state index in [1.54, 1.807) is 6.07 Å². The van der Waals surface area contributed by atoms with E-state index in [0.29, 0.717) is 12.1 Å². The summed E-state index contributed by atoms with van der Waals surface area (Å²) in [5, 5.41) is 12.6. The van der Waals surface area contributed by atoms with Crippen molar-refractivity contribution in [1.29, 1.82) is 0 Å². The third kappa shape index (κ3) is 5.81. The predicted molar refractivity (Wildman–Crippen MR) is 72.2 cm³/mol. The van der Waals surface area contributed by atoms with Crippen molar-refractivity contribution in [1.82, 2.24) is 10.2 Å². The molecule has 0 bridgehead atoms. The van der Waals surface area contributed by atoms with Crippen molar-refractivity contribution in [2.45, 2.75) is 19.4 Å². The van der Waals surface area contributed by atoms with Crippen LogP contribution in [0.25, 0.3) is 0 Å². The van der Waals surface area contributed by atoms with Crippen LogP contribution in [0.3, 0.4) is 0 Å². The number of nitrogens with zero attached hydrogens (tertiary/aromatic N) is 1. The highest BCUT2D eigenvalue weighted by atomic mass is 19.1. The number of aliphatic hydroxyl groups is 1. The summed E-state index contributed by atoms with van der Waals surface area (Å²) in [6.07, 6.45) is -1.03. The van der Waals surface area contributed by atoms with Crippen LogP contribution in [0.5, 0.6) is 0 Å². The number of benzene rings is 1. The Morgan fingerprint density at radius 3 is 2.89 bits per heavy atom. The molecule has 0 aromatic heterocycles. The predicted octanol–water partition coefficient (Wildman–Crippen LogP) is 1.32. The van der Waals surface area contributed by atoms with Crippen molar-refractivity contribution in [3.05, 3.63) is 35.6 Å². The topological polar surface area (TPSA) is 52.6 Å². The second-order valence-corrected chi connectivity index (χ2v) is 4.52. The van der Waals surface area contributed by atoms with Crippen LogP contribution < -0.4 is 5.32 Å². The largest absolute Gasteiger partial charge is 0.388 e. The first-order valence-electron chi connectivity index (χ1n) is 6.41. The molecule has 0 fully saturated rings. The molecule has 0 radical (unpaired) electrons. The van der Waals surface area contributed by atoms with Gasteiger partial charge in [-0.25, -0.2) is 4.39 Å². The molecule has 0 aliphatic rings. The minimum atomic E-state index is -0.973. The summed E-state index contributed by atoms with van der Waals surface area (Å²) in [5.74, 6) is -0.650. The maximum Gasteiger partial charge on any atom is 0.223 e. The molecule has 19 heavy (non-hydrogen) atoms. The third-order valence-corrected chi connectivity index (χ3v) is 2.97. The van der Waals surface area contributed by atoms with Gasteiger partial charge in [0.2, 0.25) is 5.91 Å². The fourth-order valence-corrected chi connectivity index (χ4v) is 1.62. The van der Waals surface area contributed by atoms with Crippen LogP contribution in [0.2, 0.25) is 0 Å². The molecule has 5 heteroatoms. The summed E-state index contributed by atoms with van der Waals surface area (Å²) in [4.78, 5) is 13.7. The van der Waals surface area contributed by atoms with Crippen LogP contribution in [-0.2, 0) is 4.79 Å². The molecular weight excluding hydrogens is 247 g/mol. The fourth-order valence-electron chi connectivity index (χ4n) is 1.62. The summed E-state index contributed by atoms with van der Waals surface area (Å²) in [6.45, 7) is 4.26. The van der Waals surface area contributed by atoms with Gasteiger partial charge < -0.3 is 15.3 Å². The van der Waals surface area contributed by atoms with Gasteiger partial charge in [-0.15, -0.1) is 0 Å². The van der Waals surface area contributed by atoms with Gasteiger partial charge >= 0.3 is 0 Å². The van der Waals surface area contributed by atoms with Crippen molar-refractivity contribution in [3.8, 4) is 0 Å². The van der Waals surface area contributed by atoms with Gasteiger partial charge in [0, 0.05) is 13.1 Å². The number of amides is 1. The number of carbonyl (C=O) groups is 1. The number of rotatable bonds is 7. The lowest BCUT2D eigenvalue weighted by Gasteiger charge is -2.15. The van der Waals surface area contributed by atoms with Crippen LogP contribution in [0.15, 0.2) is 24.3 Å². The Morgan fingerprint density at radius 1 is 1.53 bits per heavy atom. The van der Waals surface area contributed by atoms with Crippen LogP contribution >= 0.6 is 0 Å². The molecule has 1 atom stereocenters. The number of likely N-dealkylation sites (N-methyl/N-ethyl adjacent to an activating group) is 1. The van der Waals surface area contributed by atoms with Gasteiger partial charge in [0.05, 0.1) is 12.5 Å². The lowest BCUT2D eigenvalue weighted by molar-refractivity contribution is -0.123. The van der Waals surface area contributed by atoms with Gasteiger partial charge in [0.1, 0.15) is 5.82 Å². The zero-order valence-electron chi connectivity index (χ0n) is 11.4. The van der Waals surface area contributed by atoms with Gasteiger partial charge in [-0.05, 0) is 31.3 Å². The van der Waals surface area contributed by atoms with E-state index >= 15 is 0 Å². The monoisotopic (exact) mass is 268 g/mol. The second kappa shape index (κ2) is 7.86. The number of nitrogens with one attached hydrogen (secondary N) is 1. The Kier molecular flexibility index (Phi) is 6.45. The van der Waals surface area contributed by atoms with E-state index in [4.69, 9.17) is 0 Å². The van der Waals surface area contributed by atoms with Gasteiger partial charge in [-0.3, -0.25) is 4.79 Å². The van der Waals surface area contributed by atoms with Crippen molar-refractivity contribution in [2.75, 3.05) is 26.7 Å². The normalized spacial score (nSPS) is 12.5. The van der Waals surface area contributed by atoms with Gasteiger partial charge in [0.15, 0.2) is 0 Å². The van der Waals surface area contributed by atoms with Crippen LogP contribution in [-0.4, -0.2) is 42.6 Å². The van der Waals surface area contributed by atoms with Crippen molar-refractivity contribution < 1.29 is 14.3 Å². The summed E-state index contributed by atoms with van der Waals surface area (Å²) >= 11 is 0. The molecule has 1 amide bonds. The highest BCUT2D eigenvalue weighted by molar-refractivity contribution is 5.76. The first kappa shape index (κ1) is 15.6. The Balaban J connectivity index is 2.36. The third-order valence-electron chi connectivity index (χ3n) is 2.97. The standard InChI is InChI=1S/C14H21FN2O2/c1-3-17(2)8-7-16-14(19)10-13(18)11-5-4-6-12(15)9-11/h4-6,9,13,18H,3,7-8,10H2,1-2H3,(H,16,19). The van der Waals surface area contributed by atoms with E-state index in [2.05, 4.69) is 10.2 Å². The minimum Gasteiger partial charge on any atom is -0.388 e. The quantitative estimate of drug-likeness (QED) is 0.784. The maximum atomic E-state index is 13.0. The molecule has 1 unspecified atom stereocenters. The molecule has 0 heterocycles. The Hall–Kier alpha value is -1.46. The molecule has 0 aliphatic carbocycles. The molecule has 0 spiro atoms. The highest BCUT2D eigenvalue weighted by Gasteiger charge is 2.13. The summed E-state index contributed by atoms with van der Waals surface area (Å²) in [5.41, 5.74) is 0.417. The summed E-state index contributed by atoms with van der Waals surface area (Å²) in [6, 6.07) is 5.66. The molecule has 106 valence electrons. The number of aliphatic hydroxyl groups excluding tert-OH is 1. The number of hydrogen-bond donors (Lipinski definition) is 2. The number of hydrogen-bond acceptors (Lipinski definition) is 3. The number of carbonyl (C=O) groups excluding carboxylic acids is 1. The van der Waals surface area contributed by atoms with Crippen LogP contribution in [0.1, 0.15) is 25.0 Å². The lowest BCUT2D eigenvalue weighted by atomic mass is 10.1. The van der Waals surface area contributed by atoms with Gasteiger partial charge in [0.25, 0.3) is 0 Å². The molecule has 1 aromatic carbocycles. The van der Waals surface area contributed by atoms with E-state index in [1.165, 1.54) is 18.2 Å². The summed E-state index contributed by atoms with van der Waals surface area (Å²) in [7, 11) is 1.97. The lowest BCUT2D eigenvalue weighted by Crippen LogP contribution is -2.33. The van der Waals surface area contributed by atoms with Crippen LogP contribution in [0.4, 0.5) is 4.39 Å². The van der Waals surface area contributed by atoms with E-state index in [9.17, 15) is 14.3 Å². The van der Waals surface area contributed by atoms with E-state index < -0.39 is 11.9 Å². The minimum absolute atomic E-state index is 0.0563. The molecule has 1 aromatic rings. The smallest absolute Gasteiger partial charge is 0.223 e. The first-order chi connectivity index (χ1) is 9.02. The number of halogens is 1. The van der Waals surface area contributed by atoms with E-state index in [1.807, 2.05) is 14.0 Å². The molecule has 1 rings (SSSR count). The average molecular weight is 268 g/mol. The Morgan fingerprint density at radius 2 is 2.26 bits per heavy atom. The van der Waals surface area contributed by atoms with Gasteiger partial charge in [-0.2, -0.15) is 0 Å². The molecule has 0 saturated carbocycles. The second-order valence-electron chi connectivity index (χ2n) is 4.52. The van der Waals surface area contributed by atoms with E-state index in [-0.39, 0.29) is 12.3 Å². The summed E-state index contributed by atoms with van der Waals surface area (Å²) < 4.78 is 13.0. The molecule has 2 N–H and O–H groups in total. The average Bonchev–Trinajstić information content (AvgIpc) is 2.38. The van der Waals surface area contributed by atoms with E-state index in [0.717, 1.165) is 13.1 Å². The van der Waals surface area contributed by atoms with Crippen LogP contribution in [0, 0.1) is 5.82 Å². The Bertz CT molecular complexity index is 412. The SMILES string of the molecule is CCN(C)CCNC(=O)CC(O)c1cccc(F)c1. The first-order valence-corrected chi connectivity index (χ1v) is 6.41. The van der Waals surface area contributed by atoms with Gasteiger partial charge in [-0.1, -0.05) is 19.1 Å².